The molecule has 6 heteroatoms. The SMILES string of the molecule is CCN(CC)C(CNC(=O)c1ccc(C(C)=O)s1)c1ccsc1. The number of hydrogen-bond acceptors (Lipinski definition) is 5. The summed E-state index contributed by atoms with van der Waals surface area (Å²) in [5, 5.41) is 7.21. The molecule has 0 bridgehead atoms. The first kappa shape index (κ1) is 17.8. The summed E-state index contributed by atoms with van der Waals surface area (Å²) in [6.45, 7) is 8.19. The number of likely N-dealkylation sites (N-methyl/N-ethyl adjacent to an activating group) is 1. The number of nitrogens with zero attached hydrogens (tertiary/aromatic N) is 1. The van der Waals surface area contributed by atoms with Crippen molar-refractivity contribution in [3.63, 3.8) is 0 Å². The molecule has 1 N–H and O–H groups in total. The second-order valence-electron chi connectivity index (χ2n) is 5.22. The highest BCUT2D eigenvalue weighted by Gasteiger charge is 2.20. The van der Waals surface area contributed by atoms with E-state index in [0.29, 0.717) is 16.3 Å². The van der Waals surface area contributed by atoms with Crippen LogP contribution in [0.25, 0.3) is 0 Å². The first-order valence-corrected chi connectivity index (χ1v) is 9.47. The second kappa shape index (κ2) is 8.38. The van der Waals surface area contributed by atoms with Gasteiger partial charge in [-0.2, -0.15) is 11.3 Å². The molecule has 4 nitrogen and oxygen atoms in total. The van der Waals surface area contributed by atoms with E-state index in [0.717, 1.165) is 13.1 Å². The number of Topliss-reactive ketones (excluding diaryl/α,β-unsaturated/α-hetero) is 1. The molecule has 2 aromatic heterocycles. The summed E-state index contributed by atoms with van der Waals surface area (Å²) in [5.74, 6) is -0.122. The fraction of sp³-hybridized carbons (Fsp3) is 0.412. The minimum atomic E-state index is -0.116. The zero-order valence-electron chi connectivity index (χ0n) is 13.7. The van der Waals surface area contributed by atoms with Gasteiger partial charge in [0.2, 0.25) is 0 Å². The Balaban J connectivity index is 2.05. The van der Waals surface area contributed by atoms with Crippen LogP contribution in [0.15, 0.2) is 29.0 Å². The summed E-state index contributed by atoms with van der Waals surface area (Å²) in [4.78, 5) is 27.2. The van der Waals surface area contributed by atoms with Gasteiger partial charge in [0, 0.05) is 6.54 Å². The number of rotatable bonds is 8. The second-order valence-corrected chi connectivity index (χ2v) is 7.09. The molecule has 0 saturated heterocycles. The van der Waals surface area contributed by atoms with Crippen molar-refractivity contribution in [2.45, 2.75) is 26.8 Å². The van der Waals surface area contributed by atoms with E-state index < -0.39 is 0 Å². The van der Waals surface area contributed by atoms with E-state index >= 15 is 0 Å². The summed E-state index contributed by atoms with van der Waals surface area (Å²) in [6.07, 6.45) is 0. The van der Waals surface area contributed by atoms with Crippen LogP contribution in [0.4, 0.5) is 0 Å². The maximum atomic E-state index is 12.3. The van der Waals surface area contributed by atoms with Gasteiger partial charge in [-0.05, 0) is 54.5 Å². The van der Waals surface area contributed by atoms with Gasteiger partial charge < -0.3 is 5.32 Å². The van der Waals surface area contributed by atoms with Gasteiger partial charge in [-0.3, -0.25) is 14.5 Å². The molecule has 2 rings (SSSR count). The molecule has 0 aliphatic rings. The van der Waals surface area contributed by atoms with Crippen molar-refractivity contribution >= 4 is 34.4 Å². The topological polar surface area (TPSA) is 49.4 Å². The lowest BCUT2D eigenvalue weighted by atomic mass is 10.1. The molecule has 2 aromatic rings. The van der Waals surface area contributed by atoms with Crippen LogP contribution in [0, 0.1) is 0 Å². The zero-order chi connectivity index (χ0) is 16.8. The lowest BCUT2D eigenvalue weighted by Crippen LogP contribution is -2.37. The van der Waals surface area contributed by atoms with Crippen molar-refractivity contribution in [2.24, 2.45) is 0 Å². The van der Waals surface area contributed by atoms with Crippen LogP contribution in [0.5, 0.6) is 0 Å². The van der Waals surface area contributed by atoms with Crippen LogP contribution in [0.2, 0.25) is 0 Å². The summed E-state index contributed by atoms with van der Waals surface area (Å²) in [6, 6.07) is 5.71. The van der Waals surface area contributed by atoms with Gasteiger partial charge in [0.15, 0.2) is 5.78 Å². The monoisotopic (exact) mass is 350 g/mol. The van der Waals surface area contributed by atoms with E-state index in [1.54, 1.807) is 23.5 Å². The van der Waals surface area contributed by atoms with Gasteiger partial charge >= 0.3 is 0 Å². The van der Waals surface area contributed by atoms with Gasteiger partial charge in [-0.25, -0.2) is 0 Å². The standard InChI is InChI=1S/C17H22N2O2S2/c1-4-19(5-2)14(13-8-9-22-11-13)10-18-17(21)16-7-6-15(23-16)12(3)20/h6-9,11,14H,4-5,10H2,1-3H3,(H,18,21). The average Bonchev–Trinajstić information content (AvgIpc) is 3.22. The highest BCUT2D eigenvalue weighted by molar-refractivity contribution is 7.16. The molecule has 1 unspecified atom stereocenters. The molecule has 23 heavy (non-hydrogen) atoms. The normalized spacial score (nSPS) is 12.3. The Morgan fingerprint density at radius 2 is 1.87 bits per heavy atom. The van der Waals surface area contributed by atoms with Crippen LogP contribution in [-0.2, 0) is 0 Å². The Labute approximate surface area is 145 Å². The first-order valence-electron chi connectivity index (χ1n) is 7.71. The molecular formula is C17H22N2O2S2. The Morgan fingerprint density at radius 1 is 1.17 bits per heavy atom. The number of ketones is 1. The van der Waals surface area contributed by atoms with Crippen molar-refractivity contribution in [3.8, 4) is 0 Å². The molecule has 0 aliphatic heterocycles. The van der Waals surface area contributed by atoms with Gasteiger partial charge in [0.25, 0.3) is 5.91 Å². The van der Waals surface area contributed by atoms with Crippen LogP contribution in [0.3, 0.4) is 0 Å². The van der Waals surface area contributed by atoms with Crippen molar-refractivity contribution in [3.05, 3.63) is 44.3 Å². The quantitative estimate of drug-likeness (QED) is 0.736. The Bertz CT molecular complexity index is 645. The molecule has 2 heterocycles. The molecule has 0 fully saturated rings. The number of carbonyl (C=O) groups is 2. The number of thiophene rings is 2. The van der Waals surface area contributed by atoms with E-state index in [-0.39, 0.29) is 17.7 Å². The number of nitrogens with one attached hydrogen (secondary N) is 1. The Morgan fingerprint density at radius 3 is 2.39 bits per heavy atom. The Hall–Kier alpha value is -1.50. The molecule has 0 aliphatic carbocycles. The number of carbonyl (C=O) groups excluding carboxylic acids is 2. The lowest BCUT2D eigenvalue weighted by Gasteiger charge is -2.29. The average molecular weight is 351 g/mol. The molecule has 0 aromatic carbocycles. The molecule has 0 radical (unpaired) electrons. The highest BCUT2D eigenvalue weighted by atomic mass is 32.1. The molecule has 124 valence electrons. The maximum absolute atomic E-state index is 12.3. The molecule has 0 spiro atoms. The summed E-state index contributed by atoms with van der Waals surface area (Å²) in [7, 11) is 0. The van der Waals surface area contributed by atoms with Gasteiger partial charge in [-0.1, -0.05) is 13.8 Å². The molecule has 1 amide bonds. The Kier molecular flexibility index (Phi) is 6.50. The van der Waals surface area contributed by atoms with E-state index in [4.69, 9.17) is 0 Å². The van der Waals surface area contributed by atoms with Crippen molar-refractivity contribution in [1.82, 2.24) is 10.2 Å². The smallest absolute Gasteiger partial charge is 0.261 e. The van der Waals surface area contributed by atoms with E-state index in [1.807, 2.05) is 0 Å². The largest absolute Gasteiger partial charge is 0.349 e. The number of hydrogen-bond donors (Lipinski definition) is 1. The fourth-order valence-corrected chi connectivity index (χ4v) is 4.04. The van der Waals surface area contributed by atoms with Gasteiger partial charge in [0.1, 0.15) is 0 Å². The lowest BCUT2D eigenvalue weighted by molar-refractivity contribution is 0.0938. The third-order valence-electron chi connectivity index (χ3n) is 3.81. The minimum absolute atomic E-state index is 0.00617. The van der Waals surface area contributed by atoms with Crippen LogP contribution in [0.1, 0.15) is 51.7 Å². The third-order valence-corrected chi connectivity index (χ3v) is 5.70. The van der Waals surface area contributed by atoms with Crippen LogP contribution < -0.4 is 5.32 Å². The molecule has 1 atom stereocenters. The van der Waals surface area contributed by atoms with Gasteiger partial charge in [-0.15, -0.1) is 11.3 Å². The zero-order valence-corrected chi connectivity index (χ0v) is 15.3. The third kappa shape index (κ3) is 4.50. The fourth-order valence-electron chi connectivity index (χ4n) is 2.51. The number of amides is 1. The van der Waals surface area contributed by atoms with Crippen molar-refractivity contribution in [2.75, 3.05) is 19.6 Å². The van der Waals surface area contributed by atoms with Crippen LogP contribution >= 0.6 is 22.7 Å². The molecular weight excluding hydrogens is 328 g/mol. The van der Waals surface area contributed by atoms with Crippen molar-refractivity contribution < 1.29 is 9.59 Å². The van der Waals surface area contributed by atoms with E-state index in [9.17, 15) is 9.59 Å². The van der Waals surface area contributed by atoms with E-state index in [2.05, 4.69) is 40.9 Å². The summed E-state index contributed by atoms with van der Waals surface area (Å²) >= 11 is 2.91. The predicted octanol–water partition coefficient (Wildman–Crippen LogP) is 3.83. The van der Waals surface area contributed by atoms with E-state index in [1.165, 1.54) is 23.8 Å². The van der Waals surface area contributed by atoms with Gasteiger partial charge in [0.05, 0.1) is 15.8 Å². The van der Waals surface area contributed by atoms with Crippen molar-refractivity contribution in [1.29, 1.82) is 0 Å². The maximum Gasteiger partial charge on any atom is 0.261 e. The molecule has 0 saturated carbocycles. The summed E-state index contributed by atoms with van der Waals surface area (Å²) < 4.78 is 0. The summed E-state index contributed by atoms with van der Waals surface area (Å²) in [5.41, 5.74) is 1.23. The predicted molar refractivity (Wildman–Crippen MR) is 96.6 cm³/mol. The highest BCUT2D eigenvalue weighted by Crippen LogP contribution is 2.23. The van der Waals surface area contributed by atoms with Crippen LogP contribution in [-0.4, -0.2) is 36.2 Å². The minimum Gasteiger partial charge on any atom is -0.349 e. The first-order chi connectivity index (χ1) is 11.1.